The van der Waals surface area contributed by atoms with E-state index in [1.165, 1.54) is 18.5 Å². The molecule has 1 aliphatic rings. The first-order valence-corrected chi connectivity index (χ1v) is 7.02. The SMILES string of the molecule is CC1(C)C[C@@H](NC(=O)c2cc3nc[nH]c3cc2F)CCO1. The van der Waals surface area contributed by atoms with E-state index in [4.69, 9.17) is 4.74 Å². The summed E-state index contributed by atoms with van der Waals surface area (Å²) < 4.78 is 19.6. The number of rotatable bonds is 2. The van der Waals surface area contributed by atoms with Crippen LogP contribution in [0.1, 0.15) is 37.0 Å². The number of fused-ring (bicyclic) bond motifs is 1. The van der Waals surface area contributed by atoms with Crippen LogP contribution in [0.25, 0.3) is 11.0 Å². The molecule has 3 rings (SSSR count). The molecule has 1 aromatic heterocycles. The van der Waals surface area contributed by atoms with E-state index in [0.29, 0.717) is 24.1 Å². The Morgan fingerprint density at radius 1 is 1.52 bits per heavy atom. The highest BCUT2D eigenvalue weighted by Crippen LogP contribution is 2.24. The monoisotopic (exact) mass is 291 g/mol. The van der Waals surface area contributed by atoms with E-state index in [0.717, 1.165) is 6.42 Å². The minimum Gasteiger partial charge on any atom is -0.375 e. The van der Waals surface area contributed by atoms with Gasteiger partial charge in [-0.3, -0.25) is 4.79 Å². The molecule has 0 radical (unpaired) electrons. The highest BCUT2D eigenvalue weighted by atomic mass is 19.1. The second-order valence-electron chi connectivity index (χ2n) is 6.02. The maximum absolute atomic E-state index is 14.0. The number of halogens is 1. The lowest BCUT2D eigenvalue weighted by Crippen LogP contribution is -2.46. The minimum atomic E-state index is -0.546. The molecular weight excluding hydrogens is 273 g/mol. The molecule has 0 unspecified atom stereocenters. The predicted molar refractivity (Wildman–Crippen MR) is 76.6 cm³/mol. The summed E-state index contributed by atoms with van der Waals surface area (Å²) in [6, 6.07) is 2.77. The smallest absolute Gasteiger partial charge is 0.254 e. The number of nitrogens with one attached hydrogen (secondary N) is 2. The van der Waals surface area contributed by atoms with Gasteiger partial charge in [-0.15, -0.1) is 0 Å². The Bertz CT molecular complexity index is 681. The molecule has 1 fully saturated rings. The number of aromatic amines is 1. The standard InChI is InChI=1S/C15H18FN3O2/c1-15(2)7-9(3-4-21-15)19-14(20)10-5-12-13(6-11(10)16)18-8-17-12/h5-6,8-9H,3-4,7H2,1-2H3,(H,17,18)(H,19,20)/t9-/m0/s1. The lowest BCUT2D eigenvalue weighted by molar-refractivity contribution is -0.0615. The molecule has 2 heterocycles. The van der Waals surface area contributed by atoms with Crippen molar-refractivity contribution in [3.63, 3.8) is 0 Å². The summed E-state index contributed by atoms with van der Waals surface area (Å²) in [4.78, 5) is 19.2. The van der Waals surface area contributed by atoms with Gasteiger partial charge in [0.2, 0.25) is 0 Å². The number of carbonyl (C=O) groups excluding carboxylic acids is 1. The molecule has 6 heteroatoms. The normalized spacial score (nSPS) is 21.4. The zero-order valence-electron chi connectivity index (χ0n) is 12.1. The third kappa shape index (κ3) is 2.90. The topological polar surface area (TPSA) is 67.0 Å². The minimum absolute atomic E-state index is 0.00414. The number of hydrogen-bond acceptors (Lipinski definition) is 3. The lowest BCUT2D eigenvalue weighted by atomic mass is 9.93. The van der Waals surface area contributed by atoms with Crippen molar-refractivity contribution in [3.8, 4) is 0 Å². The van der Waals surface area contributed by atoms with Crippen molar-refractivity contribution in [2.45, 2.75) is 38.3 Å². The molecule has 1 aromatic carbocycles. The Morgan fingerprint density at radius 2 is 2.33 bits per heavy atom. The van der Waals surface area contributed by atoms with Crippen molar-refractivity contribution in [2.75, 3.05) is 6.61 Å². The molecule has 1 atom stereocenters. The summed E-state index contributed by atoms with van der Waals surface area (Å²) in [6.07, 6.45) is 2.93. The lowest BCUT2D eigenvalue weighted by Gasteiger charge is -2.35. The molecular formula is C15H18FN3O2. The van der Waals surface area contributed by atoms with E-state index in [2.05, 4.69) is 15.3 Å². The second-order valence-corrected chi connectivity index (χ2v) is 6.02. The zero-order valence-corrected chi connectivity index (χ0v) is 12.1. The molecule has 0 aliphatic carbocycles. The van der Waals surface area contributed by atoms with E-state index < -0.39 is 11.7 Å². The maximum atomic E-state index is 14.0. The Kier molecular flexibility index (Phi) is 3.41. The zero-order chi connectivity index (χ0) is 15.0. The van der Waals surface area contributed by atoms with Crippen LogP contribution in [0.3, 0.4) is 0 Å². The molecule has 1 aliphatic heterocycles. The molecule has 0 spiro atoms. The molecule has 5 nitrogen and oxygen atoms in total. The van der Waals surface area contributed by atoms with Gasteiger partial charge in [-0.1, -0.05) is 0 Å². The fraction of sp³-hybridized carbons (Fsp3) is 0.467. The first-order valence-electron chi connectivity index (χ1n) is 7.02. The number of imidazole rings is 1. The van der Waals surface area contributed by atoms with Crippen LogP contribution < -0.4 is 5.32 Å². The van der Waals surface area contributed by atoms with E-state index in [1.54, 1.807) is 0 Å². The summed E-state index contributed by atoms with van der Waals surface area (Å²) in [7, 11) is 0. The van der Waals surface area contributed by atoms with E-state index >= 15 is 0 Å². The number of benzene rings is 1. The van der Waals surface area contributed by atoms with Gasteiger partial charge in [0.25, 0.3) is 5.91 Å². The molecule has 1 saturated heterocycles. The van der Waals surface area contributed by atoms with Gasteiger partial charge in [0.15, 0.2) is 0 Å². The fourth-order valence-electron chi connectivity index (χ4n) is 2.75. The van der Waals surface area contributed by atoms with E-state index in [-0.39, 0.29) is 17.2 Å². The number of amides is 1. The van der Waals surface area contributed by atoms with Crippen LogP contribution in [0.4, 0.5) is 4.39 Å². The summed E-state index contributed by atoms with van der Waals surface area (Å²) in [5.74, 6) is -0.948. The second kappa shape index (κ2) is 5.11. The van der Waals surface area contributed by atoms with Gasteiger partial charge >= 0.3 is 0 Å². The largest absolute Gasteiger partial charge is 0.375 e. The average Bonchev–Trinajstić information content (AvgIpc) is 2.83. The number of nitrogens with zero attached hydrogens (tertiary/aromatic N) is 1. The Labute approximate surface area is 121 Å². The van der Waals surface area contributed by atoms with Gasteiger partial charge in [-0.25, -0.2) is 9.37 Å². The molecule has 2 aromatic rings. The van der Waals surface area contributed by atoms with Crippen molar-refractivity contribution >= 4 is 16.9 Å². The molecule has 0 bridgehead atoms. The summed E-state index contributed by atoms with van der Waals surface area (Å²) in [5, 5.41) is 2.89. The van der Waals surface area contributed by atoms with Crippen LogP contribution in [-0.2, 0) is 4.74 Å². The van der Waals surface area contributed by atoms with Gasteiger partial charge in [-0.2, -0.15) is 0 Å². The van der Waals surface area contributed by atoms with Gasteiger partial charge < -0.3 is 15.0 Å². The van der Waals surface area contributed by atoms with Crippen molar-refractivity contribution in [3.05, 3.63) is 29.8 Å². The molecule has 0 saturated carbocycles. The highest BCUT2D eigenvalue weighted by Gasteiger charge is 2.30. The Balaban J connectivity index is 1.79. The molecule has 2 N–H and O–H groups in total. The van der Waals surface area contributed by atoms with Crippen LogP contribution in [0, 0.1) is 5.82 Å². The predicted octanol–water partition coefficient (Wildman–Crippen LogP) is 2.39. The quantitative estimate of drug-likeness (QED) is 0.892. The number of ether oxygens (including phenoxy) is 1. The Hall–Kier alpha value is -1.95. The van der Waals surface area contributed by atoms with Crippen LogP contribution in [0.5, 0.6) is 0 Å². The van der Waals surface area contributed by atoms with Crippen molar-refractivity contribution in [1.82, 2.24) is 15.3 Å². The number of aromatic nitrogens is 2. The number of carbonyl (C=O) groups is 1. The first kappa shape index (κ1) is 14.0. The molecule has 112 valence electrons. The Morgan fingerprint density at radius 3 is 3.10 bits per heavy atom. The third-order valence-corrected chi connectivity index (χ3v) is 3.79. The molecule has 1 amide bonds. The van der Waals surface area contributed by atoms with Gasteiger partial charge in [-0.05, 0) is 32.8 Å². The van der Waals surface area contributed by atoms with Gasteiger partial charge in [0, 0.05) is 18.7 Å². The molecule has 21 heavy (non-hydrogen) atoms. The maximum Gasteiger partial charge on any atom is 0.254 e. The summed E-state index contributed by atoms with van der Waals surface area (Å²) in [6.45, 7) is 4.57. The van der Waals surface area contributed by atoms with Crippen molar-refractivity contribution in [2.24, 2.45) is 0 Å². The summed E-state index contributed by atoms with van der Waals surface area (Å²) in [5.41, 5.74) is 0.921. The average molecular weight is 291 g/mol. The highest BCUT2D eigenvalue weighted by molar-refractivity contribution is 5.97. The van der Waals surface area contributed by atoms with E-state index in [1.807, 2.05) is 13.8 Å². The van der Waals surface area contributed by atoms with Crippen LogP contribution in [-0.4, -0.2) is 34.1 Å². The van der Waals surface area contributed by atoms with Crippen LogP contribution >= 0.6 is 0 Å². The first-order chi connectivity index (χ1) is 9.94. The van der Waals surface area contributed by atoms with E-state index in [9.17, 15) is 9.18 Å². The fourth-order valence-corrected chi connectivity index (χ4v) is 2.75. The van der Waals surface area contributed by atoms with Crippen molar-refractivity contribution < 1.29 is 13.9 Å². The van der Waals surface area contributed by atoms with Crippen LogP contribution in [0.2, 0.25) is 0 Å². The third-order valence-electron chi connectivity index (χ3n) is 3.79. The van der Waals surface area contributed by atoms with Crippen molar-refractivity contribution in [1.29, 1.82) is 0 Å². The van der Waals surface area contributed by atoms with Crippen LogP contribution in [0.15, 0.2) is 18.5 Å². The number of H-pyrrole nitrogens is 1. The van der Waals surface area contributed by atoms with Gasteiger partial charge in [0.05, 0.1) is 28.5 Å². The summed E-state index contributed by atoms with van der Waals surface area (Å²) >= 11 is 0. The number of hydrogen-bond donors (Lipinski definition) is 2. The van der Waals surface area contributed by atoms with Gasteiger partial charge in [0.1, 0.15) is 5.82 Å².